The second-order valence-corrected chi connectivity index (χ2v) is 4.26. The summed E-state index contributed by atoms with van der Waals surface area (Å²) >= 11 is 3.35. The molecule has 4 nitrogen and oxygen atoms in total. The van der Waals surface area contributed by atoms with Crippen LogP contribution >= 0.6 is 15.9 Å². The van der Waals surface area contributed by atoms with Crippen molar-refractivity contribution in [2.75, 3.05) is 0 Å². The van der Waals surface area contributed by atoms with Gasteiger partial charge < -0.3 is 0 Å². The van der Waals surface area contributed by atoms with Crippen LogP contribution in [-0.2, 0) is 13.5 Å². The zero-order chi connectivity index (χ0) is 10.8. The number of rotatable bonds is 2. The first kappa shape index (κ1) is 10.3. The van der Waals surface area contributed by atoms with E-state index in [2.05, 4.69) is 31.0 Å². The first-order valence-corrected chi connectivity index (χ1v) is 5.41. The minimum absolute atomic E-state index is 0.676. The third kappa shape index (κ3) is 2.41. The van der Waals surface area contributed by atoms with Gasteiger partial charge in [-0.3, -0.25) is 9.67 Å². The summed E-state index contributed by atoms with van der Waals surface area (Å²) in [6.45, 7) is 1.94. The maximum absolute atomic E-state index is 4.33. The lowest BCUT2D eigenvalue weighted by molar-refractivity contribution is 0.723. The lowest BCUT2D eigenvalue weighted by Crippen LogP contribution is -1.96. The molecule has 0 amide bonds. The second-order valence-electron chi connectivity index (χ2n) is 3.34. The third-order valence-electron chi connectivity index (χ3n) is 2.15. The third-order valence-corrected chi connectivity index (χ3v) is 2.62. The monoisotopic (exact) mass is 266 g/mol. The number of halogens is 1. The van der Waals surface area contributed by atoms with Gasteiger partial charge in [0.2, 0.25) is 0 Å². The molecule has 2 rings (SSSR count). The van der Waals surface area contributed by atoms with Crippen LogP contribution in [0.15, 0.2) is 22.8 Å². The molecule has 0 spiro atoms. The van der Waals surface area contributed by atoms with Crippen LogP contribution < -0.4 is 0 Å². The molecule has 0 aliphatic heterocycles. The summed E-state index contributed by atoms with van der Waals surface area (Å²) in [6.07, 6.45) is 2.46. The van der Waals surface area contributed by atoms with Crippen LogP contribution in [0.25, 0.3) is 0 Å². The van der Waals surface area contributed by atoms with Gasteiger partial charge in [0.15, 0.2) is 5.82 Å². The SMILES string of the molecule is Cc1nc(Cc2ccc(Br)cn2)nn1C. The van der Waals surface area contributed by atoms with E-state index in [1.807, 2.05) is 26.1 Å². The van der Waals surface area contributed by atoms with Crippen LogP contribution in [0.2, 0.25) is 0 Å². The van der Waals surface area contributed by atoms with Gasteiger partial charge >= 0.3 is 0 Å². The first-order chi connectivity index (χ1) is 7.15. The van der Waals surface area contributed by atoms with E-state index in [1.54, 1.807) is 10.9 Å². The molecule has 15 heavy (non-hydrogen) atoms. The number of pyridine rings is 1. The fourth-order valence-corrected chi connectivity index (χ4v) is 1.51. The van der Waals surface area contributed by atoms with Gasteiger partial charge in [-0.15, -0.1) is 0 Å². The lowest BCUT2D eigenvalue weighted by atomic mass is 10.2. The molecule has 5 heteroatoms. The summed E-state index contributed by atoms with van der Waals surface area (Å²) in [5.74, 6) is 1.73. The Labute approximate surface area is 96.5 Å². The van der Waals surface area contributed by atoms with Crippen molar-refractivity contribution < 1.29 is 0 Å². The normalized spacial score (nSPS) is 10.6. The number of aromatic nitrogens is 4. The Morgan fingerprint density at radius 2 is 2.20 bits per heavy atom. The Hall–Kier alpha value is -1.23. The van der Waals surface area contributed by atoms with Crippen LogP contribution in [0.3, 0.4) is 0 Å². The van der Waals surface area contributed by atoms with E-state index in [9.17, 15) is 0 Å². The molecule has 0 N–H and O–H groups in total. The van der Waals surface area contributed by atoms with Crippen LogP contribution in [0, 0.1) is 6.92 Å². The number of hydrogen-bond donors (Lipinski definition) is 0. The average molecular weight is 267 g/mol. The quantitative estimate of drug-likeness (QED) is 0.834. The van der Waals surface area contributed by atoms with Gasteiger partial charge in [-0.05, 0) is 35.0 Å². The van der Waals surface area contributed by atoms with Gasteiger partial charge in [-0.2, -0.15) is 5.10 Å². The summed E-state index contributed by atoms with van der Waals surface area (Å²) in [5, 5.41) is 4.28. The number of hydrogen-bond acceptors (Lipinski definition) is 3. The molecule has 2 aromatic heterocycles. The zero-order valence-corrected chi connectivity index (χ0v) is 10.2. The van der Waals surface area contributed by atoms with Crippen LogP contribution in [0.4, 0.5) is 0 Å². The molecule has 0 aliphatic rings. The Balaban J connectivity index is 2.18. The molecular weight excluding hydrogens is 256 g/mol. The number of nitrogens with zero attached hydrogens (tertiary/aromatic N) is 4. The molecular formula is C10H11BrN4. The van der Waals surface area contributed by atoms with E-state index in [0.29, 0.717) is 6.42 Å². The molecule has 2 aromatic rings. The van der Waals surface area contributed by atoms with Crippen LogP contribution in [0.1, 0.15) is 17.3 Å². The molecule has 0 bridgehead atoms. The standard InChI is InChI=1S/C10H11BrN4/c1-7-13-10(14-15(7)2)5-9-4-3-8(11)6-12-9/h3-4,6H,5H2,1-2H3. The maximum Gasteiger partial charge on any atom is 0.156 e. The smallest absolute Gasteiger partial charge is 0.156 e. The molecule has 0 saturated carbocycles. The van der Waals surface area contributed by atoms with Crippen molar-refractivity contribution in [3.8, 4) is 0 Å². The van der Waals surface area contributed by atoms with E-state index in [4.69, 9.17) is 0 Å². The fourth-order valence-electron chi connectivity index (χ4n) is 1.27. The molecule has 0 aliphatic carbocycles. The van der Waals surface area contributed by atoms with E-state index >= 15 is 0 Å². The molecule has 78 valence electrons. The van der Waals surface area contributed by atoms with Gasteiger partial charge in [0.05, 0.1) is 6.42 Å². The van der Waals surface area contributed by atoms with E-state index in [1.165, 1.54) is 0 Å². The Bertz CT molecular complexity index is 441. The van der Waals surface area contributed by atoms with Crippen LogP contribution in [0.5, 0.6) is 0 Å². The predicted molar refractivity (Wildman–Crippen MR) is 60.5 cm³/mol. The van der Waals surface area contributed by atoms with Gasteiger partial charge in [0.1, 0.15) is 5.82 Å². The maximum atomic E-state index is 4.33. The lowest BCUT2D eigenvalue weighted by Gasteiger charge is -1.95. The summed E-state index contributed by atoms with van der Waals surface area (Å²) in [6, 6.07) is 3.94. The summed E-state index contributed by atoms with van der Waals surface area (Å²) < 4.78 is 2.75. The molecule has 0 saturated heterocycles. The van der Waals surface area contributed by atoms with Crippen molar-refractivity contribution >= 4 is 15.9 Å². The first-order valence-electron chi connectivity index (χ1n) is 4.62. The van der Waals surface area contributed by atoms with Crippen molar-refractivity contribution in [3.63, 3.8) is 0 Å². The topological polar surface area (TPSA) is 43.6 Å². The molecule has 0 atom stereocenters. The Morgan fingerprint density at radius 3 is 2.73 bits per heavy atom. The van der Waals surface area contributed by atoms with Crippen LogP contribution in [-0.4, -0.2) is 19.7 Å². The average Bonchev–Trinajstić information content (AvgIpc) is 2.50. The van der Waals surface area contributed by atoms with Crippen molar-refractivity contribution in [1.29, 1.82) is 0 Å². The van der Waals surface area contributed by atoms with Gasteiger partial charge in [-0.25, -0.2) is 4.98 Å². The molecule has 0 aromatic carbocycles. The highest BCUT2D eigenvalue weighted by Gasteiger charge is 2.04. The second kappa shape index (κ2) is 4.10. The van der Waals surface area contributed by atoms with E-state index in [0.717, 1.165) is 21.8 Å². The summed E-state index contributed by atoms with van der Waals surface area (Å²) in [5.41, 5.74) is 0.976. The van der Waals surface area contributed by atoms with Crippen molar-refractivity contribution in [2.45, 2.75) is 13.3 Å². The highest BCUT2D eigenvalue weighted by atomic mass is 79.9. The predicted octanol–water partition coefficient (Wildman–Crippen LogP) is 1.87. The van der Waals surface area contributed by atoms with E-state index in [-0.39, 0.29) is 0 Å². The molecule has 0 fully saturated rings. The van der Waals surface area contributed by atoms with Crippen molar-refractivity contribution in [1.82, 2.24) is 19.7 Å². The summed E-state index contributed by atoms with van der Waals surface area (Å²) in [7, 11) is 1.89. The molecule has 0 radical (unpaired) electrons. The highest BCUT2D eigenvalue weighted by molar-refractivity contribution is 9.10. The summed E-state index contributed by atoms with van der Waals surface area (Å²) in [4.78, 5) is 8.60. The molecule has 2 heterocycles. The van der Waals surface area contributed by atoms with Gasteiger partial charge in [0.25, 0.3) is 0 Å². The van der Waals surface area contributed by atoms with Gasteiger partial charge in [-0.1, -0.05) is 0 Å². The Kier molecular flexibility index (Phi) is 2.81. The van der Waals surface area contributed by atoms with Gasteiger partial charge in [0, 0.05) is 23.4 Å². The minimum atomic E-state index is 0.676. The highest BCUT2D eigenvalue weighted by Crippen LogP contribution is 2.09. The minimum Gasteiger partial charge on any atom is -0.260 e. The van der Waals surface area contributed by atoms with E-state index < -0.39 is 0 Å². The largest absolute Gasteiger partial charge is 0.260 e. The Morgan fingerprint density at radius 1 is 1.40 bits per heavy atom. The van der Waals surface area contributed by atoms with Crippen molar-refractivity contribution in [3.05, 3.63) is 40.1 Å². The zero-order valence-electron chi connectivity index (χ0n) is 8.61. The van der Waals surface area contributed by atoms with Crippen molar-refractivity contribution in [2.24, 2.45) is 7.05 Å². The number of aryl methyl sites for hydroxylation is 2. The fraction of sp³-hybridized carbons (Fsp3) is 0.300. The molecule has 0 unspecified atom stereocenters.